The molecule has 0 radical (unpaired) electrons. The van der Waals surface area contributed by atoms with Crippen LogP contribution in [0.2, 0.25) is 0 Å². The van der Waals surface area contributed by atoms with Crippen LogP contribution in [0.5, 0.6) is 0 Å². The Labute approximate surface area is 128 Å². The second-order valence-corrected chi connectivity index (χ2v) is 5.07. The third-order valence-corrected chi connectivity index (χ3v) is 3.82. The van der Waals surface area contributed by atoms with Crippen LogP contribution >= 0.6 is 0 Å². The molecule has 0 saturated carbocycles. The maximum absolute atomic E-state index is 13.8. The number of terminal acetylenes is 2. The Morgan fingerprint density at radius 1 is 0.727 bits per heavy atom. The number of benzene rings is 2. The summed E-state index contributed by atoms with van der Waals surface area (Å²) in [5, 5.41) is 0. The second-order valence-electron chi connectivity index (χ2n) is 5.07. The molecule has 0 atom stereocenters. The summed E-state index contributed by atoms with van der Waals surface area (Å²) in [7, 11) is 0. The molecule has 2 aromatic carbocycles. The minimum Gasteiger partial charge on any atom is -0.170 e. The van der Waals surface area contributed by atoms with Gasteiger partial charge in [0.2, 0.25) is 0 Å². The molecule has 22 heavy (non-hydrogen) atoms. The van der Waals surface area contributed by atoms with Crippen LogP contribution in [0.15, 0.2) is 48.5 Å². The van der Waals surface area contributed by atoms with Gasteiger partial charge in [0.15, 0.2) is 0 Å². The summed E-state index contributed by atoms with van der Waals surface area (Å²) in [6.07, 6.45) is 6.04. The Morgan fingerprint density at radius 3 is 1.27 bits per heavy atom. The van der Waals surface area contributed by atoms with E-state index in [4.69, 9.17) is 12.8 Å². The molecule has 0 heterocycles. The van der Waals surface area contributed by atoms with Crippen molar-refractivity contribution in [2.24, 2.45) is 0 Å². The lowest BCUT2D eigenvalue weighted by Crippen LogP contribution is -2.40. The van der Waals surface area contributed by atoms with E-state index in [1.807, 2.05) is 0 Å². The van der Waals surface area contributed by atoms with E-state index < -0.39 is 11.6 Å². The monoisotopic (exact) mass is 298 g/mol. The minimum absolute atomic E-state index is 0.132. The van der Waals surface area contributed by atoms with Gasteiger partial charge in [0.05, 0.1) is 0 Å². The van der Waals surface area contributed by atoms with Gasteiger partial charge in [-0.1, -0.05) is 36.1 Å². The Kier molecular flexibility index (Phi) is 4.02. The van der Waals surface area contributed by atoms with E-state index in [-0.39, 0.29) is 11.1 Å². The first-order chi connectivity index (χ1) is 10.3. The summed E-state index contributed by atoms with van der Waals surface area (Å²) in [6.45, 7) is 1.16. The molecule has 0 spiro atoms. The van der Waals surface area contributed by atoms with Crippen LogP contribution < -0.4 is 0 Å². The lowest BCUT2D eigenvalue weighted by molar-refractivity contribution is -0.173. The first-order valence-corrected chi connectivity index (χ1v) is 6.54. The first kappa shape index (κ1) is 15.7. The smallest absolute Gasteiger partial charge is 0.170 e. The predicted octanol–water partition coefficient (Wildman–Crippen LogP) is 4.52. The number of alkyl halides is 3. The fourth-order valence-electron chi connectivity index (χ4n) is 2.29. The highest BCUT2D eigenvalue weighted by Gasteiger charge is 2.53. The maximum atomic E-state index is 13.8. The van der Waals surface area contributed by atoms with Gasteiger partial charge in [0, 0.05) is 11.1 Å². The summed E-state index contributed by atoms with van der Waals surface area (Å²) < 4.78 is 41.3. The van der Waals surface area contributed by atoms with Crippen molar-refractivity contribution in [3.8, 4) is 24.7 Å². The zero-order valence-electron chi connectivity index (χ0n) is 11.9. The highest BCUT2D eigenvalue weighted by Crippen LogP contribution is 2.46. The molecule has 2 aromatic rings. The lowest BCUT2D eigenvalue weighted by Gasteiger charge is -2.33. The summed E-state index contributed by atoms with van der Waals surface area (Å²) >= 11 is 0. The van der Waals surface area contributed by atoms with Crippen LogP contribution in [-0.2, 0) is 5.41 Å². The van der Waals surface area contributed by atoms with Crippen LogP contribution in [0.4, 0.5) is 13.2 Å². The van der Waals surface area contributed by atoms with Gasteiger partial charge in [-0.2, -0.15) is 13.2 Å². The second kappa shape index (κ2) is 5.62. The van der Waals surface area contributed by atoms with E-state index >= 15 is 0 Å². The Morgan fingerprint density at radius 2 is 1.05 bits per heavy atom. The van der Waals surface area contributed by atoms with E-state index in [1.165, 1.54) is 48.5 Å². The Bertz CT molecular complexity index is 678. The normalized spacial score (nSPS) is 11.5. The molecule has 0 aromatic heterocycles. The molecule has 0 aliphatic heterocycles. The van der Waals surface area contributed by atoms with Gasteiger partial charge >= 0.3 is 6.18 Å². The molecule has 110 valence electrons. The fraction of sp³-hybridized carbons (Fsp3) is 0.158. The quantitative estimate of drug-likeness (QED) is 0.715. The Balaban J connectivity index is 2.61. The highest BCUT2D eigenvalue weighted by molar-refractivity contribution is 5.46. The molecule has 0 fully saturated rings. The zero-order valence-corrected chi connectivity index (χ0v) is 11.9. The highest BCUT2D eigenvalue weighted by atomic mass is 19.4. The van der Waals surface area contributed by atoms with Crippen molar-refractivity contribution in [1.29, 1.82) is 0 Å². The topological polar surface area (TPSA) is 0 Å². The van der Waals surface area contributed by atoms with E-state index in [9.17, 15) is 13.2 Å². The van der Waals surface area contributed by atoms with Crippen LogP contribution in [-0.4, -0.2) is 6.18 Å². The van der Waals surface area contributed by atoms with Crippen molar-refractivity contribution in [1.82, 2.24) is 0 Å². The van der Waals surface area contributed by atoms with Crippen LogP contribution in [0.1, 0.15) is 29.2 Å². The molecule has 3 heteroatoms. The van der Waals surface area contributed by atoms with Crippen LogP contribution in [0.25, 0.3) is 0 Å². The van der Waals surface area contributed by atoms with Gasteiger partial charge < -0.3 is 0 Å². The van der Waals surface area contributed by atoms with E-state index in [1.54, 1.807) is 0 Å². The fourth-order valence-corrected chi connectivity index (χ4v) is 2.29. The molecule has 0 amide bonds. The molecular weight excluding hydrogens is 285 g/mol. The maximum Gasteiger partial charge on any atom is 0.402 e. The average molecular weight is 298 g/mol. The van der Waals surface area contributed by atoms with Crippen molar-refractivity contribution in [3.63, 3.8) is 0 Å². The van der Waals surface area contributed by atoms with Crippen molar-refractivity contribution < 1.29 is 13.2 Å². The lowest BCUT2D eigenvalue weighted by atomic mass is 9.75. The zero-order chi connectivity index (χ0) is 16.4. The number of rotatable bonds is 2. The largest absolute Gasteiger partial charge is 0.402 e. The molecule has 0 aliphatic carbocycles. The first-order valence-electron chi connectivity index (χ1n) is 6.54. The van der Waals surface area contributed by atoms with Gasteiger partial charge in [-0.25, -0.2) is 0 Å². The van der Waals surface area contributed by atoms with Gasteiger partial charge in [0.1, 0.15) is 5.41 Å². The standard InChI is InChI=1S/C19H13F3/c1-4-14-6-10-16(11-7-14)18(3,19(20,21)22)17-12-8-15(5-2)9-13-17/h1-2,6-13H,3H3. The molecular formula is C19H13F3. The molecule has 0 bridgehead atoms. The number of hydrogen-bond donors (Lipinski definition) is 0. The van der Waals surface area contributed by atoms with Gasteiger partial charge in [-0.3, -0.25) is 0 Å². The average Bonchev–Trinajstić information content (AvgIpc) is 2.53. The predicted molar refractivity (Wildman–Crippen MR) is 81.3 cm³/mol. The molecule has 0 saturated heterocycles. The third kappa shape index (κ3) is 2.59. The summed E-state index contributed by atoms with van der Waals surface area (Å²) in [6, 6.07) is 11.7. The van der Waals surface area contributed by atoms with E-state index in [0.29, 0.717) is 11.1 Å². The van der Waals surface area contributed by atoms with Gasteiger partial charge in [-0.15, -0.1) is 12.8 Å². The van der Waals surface area contributed by atoms with Crippen LogP contribution in [0, 0.1) is 24.7 Å². The Hall–Kier alpha value is -2.65. The van der Waals surface area contributed by atoms with Crippen molar-refractivity contribution in [2.75, 3.05) is 0 Å². The summed E-state index contributed by atoms with van der Waals surface area (Å²) in [5.41, 5.74) is -0.792. The van der Waals surface area contributed by atoms with Gasteiger partial charge in [-0.05, 0) is 42.3 Å². The van der Waals surface area contributed by atoms with E-state index in [0.717, 1.165) is 6.92 Å². The third-order valence-electron chi connectivity index (χ3n) is 3.82. The molecule has 2 rings (SSSR count). The summed E-state index contributed by atoms with van der Waals surface area (Å²) in [5.74, 6) is 4.79. The van der Waals surface area contributed by atoms with Crippen molar-refractivity contribution in [3.05, 3.63) is 70.8 Å². The number of halogens is 3. The van der Waals surface area contributed by atoms with Crippen LogP contribution in [0.3, 0.4) is 0 Å². The van der Waals surface area contributed by atoms with Crippen molar-refractivity contribution >= 4 is 0 Å². The van der Waals surface area contributed by atoms with E-state index in [2.05, 4.69) is 11.8 Å². The minimum atomic E-state index is -4.46. The molecule has 0 nitrogen and oxygen atoms in total. The SMILES string of the molecule is C#Cc1ccc(C(C)(c2ccc(C#C)cc2)C(F)(F)F)cc1. The number of hydrogen-bond acceptors (Lipinski definition) is 0. The van der Waals surface area contributed by atoms with Crippen molar-refractivity contribution in [2.45, 2.75) is 18.5 Å². The van der Waals surface area contributed by atoms with Gasteiger partial charge in [0.25, 0.3) is 0 Å². The summed E-state index contributed by atoms with van der Waals surface area (Å²) in [4.78, 5) is 0. The molecule has 0 N–H and O–H groups in total. The molecule has 0 unspecified atom stereocenters. The molecule has 0 aliphatic rings.